The lowest BCUT2D eigenvalue weighted by atomic mass is 10.1. The van der Waals surface area contributed by atoms with Crippen molar-refractivity contribution in [1.82, 2.24) is 0 Å². The molecule has 0 saturated carbocycles. The minimum Gasteiger partial charge on any atom is -0.459 e. The summed E-state index contributed by atoms with van der Waals surface area (Å²) in [5.41, 5.74) is -1.34. The van der Waals surface area contributed by atoms with Crippen LogP contribution < -0.4 is 5.32 Å². The summed E-state index contributed by atoms with van der Waals surface area (Å²) in [6, 6.07) is 15.2. The standard InChI is InChI=1S/C20H15F3N2O4/c21-20(22,23)15-8-9-17(18(10-15)25(27)28)24-11-19(26)29-12-14-6-3-5-13-4-1-2-7-16(13)14/h1-10,24H,11-12H2. The Balaban J connectivity index is 1.65. The highest BCUT2D eigenvalue weighted by Crippen LogP contribution is 2.34. The number of carbonyl (C=O) groups is 1. The fourth-order valence-electron chi connectivity index (χ4n) is 2.80. The Hall–Kier alpha value is -3.62. The van der Waals surface area contributed by atoms with Crippen molar-refractivity contribution < 1.29 is 27.6 Å². The van der Waals surface area contributed by atoms with E-state index in [0.29, 0.717) is 12.1 Å². The number of nitro groups is 1. The second-order valence-electron chi connectivity index (χ2n) is 6.14. The van der Waals surface area contributed by atoms with E-state index in [1.165, 1.54) is 0 Å². The van der Waals surface area contributed by atoms with E-state index >= 15 is 0 Å². The van der Waals surface area contributed by atoms with Crippen LogP contribution in [0.15, 0.2) is 60.7 Å². The molecule has 1 N–H and O–H groups in total. The van der Waals surface area contributed by atoms with Crippen molar-refractivity contribution in [2.75, 3.05) is 11.9 Å². The van der Waals surface area contributed by atoms with Gasteiger partial charge in [-0.3, -0.25) is 14.9 Å². The molecular weight excluding hydrogens is 389 g/mol. The molecule has 3 aromatic carbocycles. The Morgan fingerprint density at radius 1 is 1.07 bits per heavy atom. The van der Waals surface area contributed by atoms with Crippen LogP contribution in [0, 0.1) is 10.1 Å². The van der Waals surface area contributed by atoms with E-state index in [4.69, 9.17) is 4.74 Å². The van der Waals surface area contributed by atoms with Crippen LogP contribution in [0.5, 0.6) is 0 Å². The van der Waals surface area contributed by atoms with Crippen LogP contribution in [0.2, 0.25) is 0 Å². The van der Waals surface area contributed by atoms with Gasteiger partial charge in [0.05, 0.1) is 10.5 Å². The lowest BCUT2D eigenvalue weighted by Crippen LogP contribution is -2.17. The van der Waals surface area contributed by atoms with Crippen LogP contribution in [0.4, 0.5) is 24.5 Å². The number of ether oxygens (including phenoxy) is 1. The largest absolute Gasteiger partial charge is 0.459 e. The van der Waals surface area contributed by atoms with Crippen molar-refractivity contribution in [2.45, 2.75) is 12.8 Å². The van der Waals surface area contributed by atoms with Crippen molar-refractivity contribution in [1.29, 1.82) is 0 Å². The van der Waals surface area contributed by atoms with Gasteiger partial charge in [-0.1, -0.05) is 42.5 Å². The molecule has 0 aromatic heterocycles. The summed E-state index contributed by atoms with van der Waals surface area (Å²) in [7, 11) is 0. The van der Waals surface area contributed by atoms with Gasteiger partial charge in [0.15, 0.2) is 0 Å². The van der Waals surface area contributed by atoms with Gasteiger partial charge in [0.25, 0.3) is 5.69 Å². The summed E-state index contributed by atoms with van der Waals surface area (Å²) in [5, 5.41) is 15.4. The zero-order valence-corrected chi connectivity index (χ0v) is 14.9. The van der Waals surface area contributed by atoms with Crippen molar-refractivity contribution in [2.24, 2.45) is 0 Å². The van der Waals surface area contributed by atoms with Gasteiger partial charge < -0.3 is 10.1 Å². The molecule has 3 aromatic rings. The van der Waals surface area contributed by atoms with E-state index in [9.17, 15) is 28.1 Å². The molecular formula is C20H15F3N2O4. The molecule has 0 bridgehead atoms. The number of nitrogens with zero attached hydrogens (tertiary/aromatic N) is 1. The van der Waals surface area contributed by atoms with Gasteiger partial charge in [-0.05, 0) is 28.5 Å². The minimum atomic E-state index is -4.71. The van der Waals surface area contributed by atoms with Gasteiger partial charge in [-0.2, -0.15) is 13.2 Å². The number of hydrogen-bond acceptors (Lipinski definition) is 5. The Labute approximate surface area is 163 Å². The monoisotopic (exact) mass is 404 g/mol. The maximum atomic E-state index is 12.7. The zero-order valence-electron chi connectivity index (χ0n) is 14.9. The van der Waals surface area contributed by atoms with E-state index in [0.717, 1.165) is 22.4 Å². The summed E-state index contributed by atoms with van der Waals surface area (Å²) >= 11 is 0. The molecule has 0 fully saturated rings. The molecule has 9 heteroatoms. The molecule has 3 rings (SSSR count). The first-order chi connectivity index (χ1) is 13.8. The highest BCUT2D eigenvalue weighted by atomic mass is 19.4. The topological polar surface area (TPSA) is 81.5 Å². The van der Waals surface area contributed by atoms with Crippen molar-refractivity contribution in [3.05, 3.63) is 81.9 Å². The number of nitrogens with one attached hydrogen (secondary N) is 1. The summed E-state index contributed by atoms with van der Waals surface area (Å²) < 4.78 is 43.4. The van der Waals surface area contributed by atoms with E-state index in [2.05, 4.69) is 5.32 Å². The van der Waals surface area contributed by atoms with Crippen molar-refractivity contribution >= 4 is 28.1 Å². The molecule has 0 atom stereocenters. The minimum absolute atomic E-state index is 0.00300. The first kappa shape index (κ1) is 20.1. The van der Waals surface area contributed by atoms with E-state index in [1.807, 2.05) is 42.5 Å². The van der Waals surface area contributed by atoms with Gasteiger partial charge >= 0.3 is 12.1 Å². The summed E-state index contributed by atoms with van der Waals surface area (Å²) in [5.74, 6) is -0.702. The van der Waals surface area contributed by atoms with Gasteiger partial charge in [-0.15, -0.1) is 0 Å². The molecule has 6 nitrogen and oxygen atoms in total. The SMILES string of the molecule is O=C(CNc1ccc(C(F)(F)F)cc1[N+](=O)[O-])OCc1cccc2ccccc12. The Morgan fingerprint density at radius 3 is 2.52 bits per heavy atom. The third-order valence-electron chi connectivity index (χ3n) is 4.21. The number of rotatable bonds is 6. The van der Waals surface area contributed by atoms with E-state index < -0.39 is 34.9 Å². The number of fused-ring (bicyclic) bond motifs is 1. The Bertz CT molecular complexity index is 1060. The van der Waals surface area contributed by atoms with Crippen molar-refractivity contribution in [3.63, 3.8) is 0 Å². The van der Waals surface area contributed by atoms with Gasteiger partial charge in [0, 0.05) is 6.07 Å². The first-order valence-electron chi connectivity index (χ1n) is 8.47. The van der Waals surface area contributed by atoms with Crippen LogP contribution in [0.3, 0.4) is 0 Å². The second-order valence-corrected chi connectivity index (χ2v) is 6.14. The molecule has 0 saturated heterocycles. The molecule has 0 unspecified atom stereocenters. The predicted molar refractivity (Wildman–Crippen MR) is 100 cm³/mol. The average Bonchev–Trinajstić information content (AvgIpc) is 2.69. The van der Waals surface area contributed by atoms with E-state index in [-0.39, 0.29) is 12.3 Å². The van der Waals surface area contributed by atoms with Crippen LogP contribution in [-0.2, 0) is 22.3 Å². The molecule has 0 aliphatic carbocycles. The zero-order chi connectivity index (χ0) is 21.0. The second kappa shape index (κ2) is 8.17. The number of nitro benzene ring substituents is 1. The third-order valence-corrected chi connectivity index (χ3v) is 4.21. The van der Waals surface area contributed by atoms with Crippen molar-refractivity contribution in [3.8, 4) is 0 Å². The lowest BCUT2D eigenvalue weighted by Gasteiger charge is -2.11. The maximum absolute atomic E-state index is 12.7. The van der Waals surface area contributed by atoms with Gasteiger partial charge in [0.1, 0.15) is 18.8 Å². The molecule has 0 aliphatic rings. The van der Waals surface area contributed by atoms with E-state index in [1.54, 1.807) is 0 Å². The number of carbonyl (C=O) groups excluding carboxylic acids is 1. The molecule has 150 valence electrons. The molecule has 0 heterocycles. The Morgan fingerprint density at radius 2 is 1.79 bits per heavy atom. The summed E-state index contributed by atoms with van der Waals surface area (Å²) in [6.07, 6.45) is -4.71. The molecule has 29 heavy (non-hydrogen) atoms. The van der Waals surface area contributed by atoms with Crippen LogP contribution in [0.25, 0.3) is 10.8 Å². The Kier molecular flexibility index (Phi) is 5.67. The molecule has 0 amide bonds. The lowest BCUT2D eigenvalue weighted by molar-refractivity contribution is -0.384. The van der Waals surface area contributed by atoms with Crippen LogP contribution in [-0.4, -0.2) is 17.4 Å². The molecule has 0 aliphatic heterocycles. The smallest absolute Gasteiger partial charge is 0.416 e. The fraction of sp³-hybridized carbons (Fsp3) is 0.150. The normalized spacial score (nSPS) is 11.3. The fourth-order valence-corrected chi connectivity index (χ4v) is 2.80. The first-order valence-corrected chi connectivity index (χ1v) is 8.47. The highest BCUT2D eigenvalue weighted by molar-refractivity contribution is 5.86. The number of anilines is 1. The quantitative estimate of drug-likeness (QED) is 0.358. The predicted octanol–water partition coefficient (Wildman–Crippen LogP) is 4.92. The number of halogens is 3. The maximum Gasteiger partial charge on any atom is 0.416 e. The number of esters is 1. The van der Waals surface area contributed by atoms with Gasteiger partial charge in [0.2, 0.25) is 0 Å². The van der Waals surface area contributed by atoms with Crippen LogP contribution in [0.1, 0.15) is 11.1 Å². The number of hydrogen-bond donors (Lipinski definition) is 1. The third kappa shape index (κ3) is 4.81. The molecule has 0 spiro atoms. The molecule has 0 radical (unpaired) electrons. The number of alkyl halides is 3. The van der Waals surface area contributed by atoms with Gasteiger partial charge in [-0.25, -0.2) is 0 Å². The summed E-state index contributed by atoms with van der Waals surface area (Å²) in [4.78, 5) is 22.1. The number of benzene rings is 3. The summed E-state index contributed by atoms with van der Waals surface area (Å²) in [6.45, 7) is -0.437. The average molecular weight is 404 g/mol. The highest BCUT2D eigenvalue weighted by Gasteiger charge is 2.33. The van der Waals surface area contributed by atoms with Crippen LogP contribution >= 0.6 is 0 Å².